The van der Waals surface area contributed by atoms with Gasteiger partial charge in [-0.05, 0) is 43.2 Å². The standard InChI is InChI=1S/C30H33F4N3O4S/c1-4-21(2)35-29(39)27(17-22-11-6-5-7-12-22)36(19-23-13-8-9-16-26(23)31)28(38)20-37(42(3,40)41)25-15-10-14-24(18-25)30(32,33)34/h5-16,18,21,27H,4,17,19-20H2,1-3H3,(H,35,39)/t21-,27-/m0/s1. The van der Waals surface area contributed by atoms with Crippen LogP contribution in [0.5, 0.6) is 0 Å². The fourth-order valence-electron chi connectivity index (χ4n) is 4.26. The first kappa shape index (κ1) is 32.6. The maximum atomic E-state index is 14.8. The SMILES string of the molecule is CC[C@H](C)NC(=O)[C@H](Cc1ccccc1)N(Cc1ccccc1F)C(=O)CN(c1cccc(C(F)(F)F)c1)S(C)(=O)=O. The zero-order valence-electron chi connectivity index (χ0n) is 23.4. The molecule has 42 heavy (non-hydrogen) atoms. The number of halogens is 4. The van der Waals surface area contributed by atoms with Gasteiger partial charge in [0.05, 0.1) is 17.5 Å². The minimum Gasteiger partial charge on any atom is -0.352 e. The Bertz CT molecular complexity index is 1480. The third-order valence-electron chi connectivity index (χ3n) is 6.71. The van der Waals surface area contributed by atoms with E-state index in [1.807, 2.05) is 6.92 Å². The highest BCUT2D eigenvalue weighted by Gasteiger charge is 2.35. The summed E-state index contributed by atoms with van der Waals surface area (Å²) in [6.07, 6.45) is -3.39. The van der Waals surface area contributed by atoms with Crippen LogP contribution in [0.1, 0.15) is 37.0 Å². The quantitative estimate of drug-likeness (QED) is 0.288. The van der Waals surface area contributed by atoms with Gasteiger partial charge in [-0.1, -0.05) is 61.5 Å². The summed E-state index contributed by atoms with van der Waals surface area (Å²) in [5.74, 6) is -2.09. The molecule has 2 atom stereocenters. The molecule has 0 aliphatic heterocycles. The van der Waals surface area contributed by atoms with Crippen molar-refractivity contribution in [2.24, 2.45) is 0 Å². The van der Waals surface area contributed by atoms with Crippen LogP contribution in [-0.2, 0) is 38.8 Å². The van der Waals surface area contributed by atoms with Crippen LogP contribution in [0, 0.1) is 5.82 Å². The van der Waals surface area contributed by atoms with Crippen molar-refractivity contribution < 1.29 is 35.6 Å². The fourth-order valence-corrected chi connectivity index (χ4v) is 5.10. The molecule has 7 nitrogen and oxygen atoms in total. The molecule has 3 rings (SSSR count). The van der Waals surface area contributed by atoms with Crippen molar-refractivity contribution >= 4 is 27.5 Å². The Labute approximate surface area is 243 Å². The van der Waals surface area contributed by atoms with E-state index < -0.39 is 58.5 Å². The fraction of sp³-hybridized carbons (Fsp3) is 0.333. The first-order valence-electron chi connectivity index (χ1n) is 13.2. The van der Waals surface area contributed by atoms with Crippen molar-refractivity contribution in [2.45, 2.75) is 51.5 Å². The van der Waals surface area contributed by atoms with E-state index in [0.717, 1.165) is 29.4 Å². The first-order chi connectivity index (χ1) is 19.7. The highest BCUT2D eigenvalue weighted by Crippen LogP contribution is 2.32. The van der Waals surface area contributed by atoms with E-state index >= 15 is 0 Å². The molecule has 0 aliphatic carbocycles. The van der Waals surface area contributed by atoms with Gasteiger partial charge < -0.3 is 10.2 Å². The highest BCUT2D eigenvalue weighted by atomic mass is 32.2. The maximum absolute atomic E-state index is 14.8. The minimum atomic E-state index is -4.76. The Hall–Kier alpha value is -3.93. The summed E-state index contributed by atoms with van der Waals surface area (Å²) >= 11 is 0. The topological polar surface area (TPSA) is 86.8 Å². The number of rotatable bonds is 12. The number of nitrogens with one attached hydrogen (secondary N) is 1. The molecule has 0 saturated heterocycles. The average Bonchev–Trinajstić information content (AvgIpc) is 2.93. The molecule has 3 aromatic carbocycles. The zero-order chi connectivity index (χ0) is 31.1. The second-order valence-corrected chi connectivity index (χ2v) is 11.9. The molecule has 0 saturated carbocycles. The molecule has 0 unspecified atom stereocenters. The predicted molar refractivity (Wildman–Crippen MR) is 152 cm³/mol. The van der Waals surface area contributed by atoms with E-state index in [1.165, 1.54) is 18.2 Å². The lowest BCUT2D eigenvalue weighted by atomic mass is 10.0. The molecule has 0 fully saturated rings. The van der Waals surface area contributed by atoms with Gasteiger partial charge in [-0.2, -0.15) is 13.2 Å². The van der Waals surface area contributed by atoms with Crippen LogP contribution in [-0.4, -0.2) is 50.0 Å². The number of hydrogen-bond acceptors (Lipinski definition) is 4. The molecule has 12 heteroatoms. The van der Waals surface area contributed by atoms with Gasteiger partial charge in [0.2, 0.25) is 21.8 Å². The second-order valence-electron chi connectivity index (χ2n) is 9.95. The number of amides is 2. The normalized spacial score (nSPS) is 13.2. The summed E-state index contributed by atoms with van der Waals surface area (Å²) in [6.45, 7) is 2.33. The summed E-state index contributed by atoms with van der Waals surface area (Å²) in [6, 6.07) is 16.5. The van der Waals surface area contributed by atoms with E-state index in [-0.39, 0.29) is 23.7 Å². The van der Waals surface area contributed by atoms with Gasteiger partial charge in [0.25, 0.3) is 0 Å². The molecule has 0 radical (unpaired) electrons. The van der Waals surface area contributed by atoms with E-state index in [0.29, 0.717) is 22.4 Å². The Morgan fingerprint density at radius 1 is 0.952 bits per heavy atom. The third-order valence-corrected chi connectivity index (χ3v) is 7.85. The molecule has 0 aromatic heterocycles. The van der Waals surface area contributed by atoms with Crippen molar-refractivity contribution in [1.29, 1.82) is 0 Å². The lowest BCUT2D eigenvalue weighted by Gasteiger charge is -2.34. The molecule has 1 N–H and O–H groups in total. The molecule has 3 aromatic rings. The third kappa shape index (κ3) is 8.78. The van der Waals surface area contributed by atoms with Crippen molar-refractivity contribution in [3.63, 3.8) is 0 Å². The van der Waals surface area contributed by atoms with Crippen LogP contribution < -0.4 is 9.62 Å². The molecular formula is C30H33F4N3O4S. The maximum Gasteiger partial charge on any atom is 0.416 e. The van der Waals surface area contributed by atoms with Crippen LogP contribution >= 0.6 is 0 Å². The van der Waals surface area contributed by atoms with Crippen LogP contribution in [0.15, 0.2) is 78.9 Å². The first-order valence-corrected chi connectivity index (χ1v) is 15.1. The van der Waals surface area contributed by atoms with E-state index in [2.05, 4.69) is 5.32 Å². The second kappa shape index (κ2) is 13.8. The molecule has 2 amide bonds. The van der Waals surface area contributed by atoms with E-state index in [4.69, 9.17) is 0 Å². The summed E-state index contributed by atoms with van der Waals surface area (Å²) in [7, 11) is -4.27. The Morgan fingerprint density at radius 2 is 1.60 bits per heavy atom. The van der Waals surface area contributed by atoms with Crippen LogP contribution in [0.3, 0.4) is 0 Å². The van der Waals surface area contributed by atoms with E-state index in [1.54, 1.807) is 43.3 Å². The number of carbonyl (C=O) groups excluding carboxylic acids is 2. The number of alkyl halides is 3. The smallest absolute Gasteiger partial charge is 0.352 e. The molecule has 226 valence electrons. The van der Waals surface area contributed by atoms with Gasteiger partial charge in [0, 0.05) is 24.6 Å². The largest absolute Gasteiger partial charge is 0.416 e. The molecule has 0 bridgehead atoms. The zero-order valence-corrected chi connectivity index (χ0v) is 24.3. The number of benzene rings is 3. The van der Waals surface area contributed by atoms with Gasteiger partial charge in [0.1, 0.15) is 18.4 Å². The number of carbonyl (C=O) groups is 2. The van der Waals surface area contributed by atoms with Crippen LogP contribution in [0.4, 0.5) is 23.2 Å². The Morgan fingerprint density at radius 3 is 2.19 bits per heavy atom. The van der Waals surface area contributed by atoms with Gasteiger partial charge >= 0.3 is 6.18 Å². The van der Waals surface area contributed by atoms with Gasteiger partial charge in [-0.25, -0.2) is 12.8 Å². The Balaban J connectivity index is 2.10. The summed E-state index contributed by atoms with van der Waals surface area (Å²) in [4.78, 5) is 28.6. The van der Waals surface area contributed by atoms with Gasteiger partial charge in [-0.15, -0.1) is 0 Å². The molecule has 0 aliphatic rings. The van der Waals surface area contributed by atoms with Crippen molar-refractivity contribution in [3.05, 3.63) is 101 Å². The minimum absolute atomic E-state index is 0.0196. The summed E-state index contributed by atoms with van der Waals surface area (Å²) in [5.41, 5.74) is -0.717. The lowest BCUT2D eigenvalue weighted by Crippen LogP contribution is -2.54. The number of hydrogen-bond donors (Lipinski definition) is 1. The number of anilines is 1. The number of nitrogens with zero attached hydrogens (tertiary/aromatic N) is 2. The van der Waals surface area contributed by atoms with Crippen molar-refractivity contribution in [3.8, 4) is 0 Å². The molecule has 0 spiro atoms. The monoisotopic (exact) mass is 607 g/mol. The van der Waals surface area contributed by atoms with Gasteiger partial charge in [-0.3, -0.25) is 13.9 Å². The van der Waals surface area contributed by atoms with Crippen LogP contribution in [0.25, 0.3) is 0 Å². The van der Waals surface area contributed by atoms with E-state index in [9.17, 15) is 35.6 Å². The summed E-state index contributed by atoms with van der Waals surface area (Å²) in [5, 5.41) is 2.84. The predicted octanol–water partition coefficient (Wildman–Crippen LogP) is 5.17. The Kier molecular flexibility index (Phi) is 10.7. The number of sulfonamides is 1. The van der Waals surface area contributed by atoms with Crippen molar-refractivity contribution in [1.82, 2.24) is 10.2 Å². The lowest BCUT2D eigenvalue weighted by molar-refractivity contribution is -0.140. The summed E-state index contributed by atoms with van der Waals surface area (Å²) < 4.78 is 81.1. The average molecular weight is 608 g/mol. The van der Waals surface area contributed by atoms with Gasteiger partial charge in [0.15, 0.2) is 0 Å². The van der Waals surface area contributed by atoms with Crippen molar-refractivity contribution in [2.75, 3.05) is 17.1 Å². The van der Waals surface area contributed by atoms with Crippen LogP contribution in [0.2, 0.25) is 0 Å². The highest BCUT2D eigenvalue weighted by molar-refractivity contribution is 7.92. The molecular weight excluding hydrogens is 574 g/mol. The molecule has 0 heterocycles.